The Bertz CT molecular complexity index is 922. The number of carbonyl (C=O) groups excluding carboxylic acids is 1. The van der Waals surface area contributed by atoms with Crippen LogP contribution in [-0.4, -0.2) is 64.4 Å². The molecule has 4 unspecified atom stereocenters. The quantitative estimate of drug-likeness (QED) is 0.683. The van der Waals surface area contributed by atoms with Gasteiger partial charge >= 0.3 is 0 Å². The predicted molar refractivity (Wildman–Crippen MR) is 110 cm³/mol. The molecule has 7 rings (SSSR count). The molecule has 2 heterocycles. The molecule has 30 heavy (non-hydrogen) atoms. The van der Waals surface area contributed by atoms with Crippen LogP contribution in [0.2, 0.25) is 0 Å². The van der Waals surface area contributed by atoms with Crippen LogP contribution in [0.15, 0.2) is 24.3 Å². The van der Waals surface area contributed by atoms with Gasteiger partial charge in [-0.1, -0.05) is 24.3 Å². The Hall–Kier alpha value is -1.27. The van der Waals surface area contributed by atoms with Gasteiger partial charge in [0.2, 0.25) is 0 Å². The molecule has 5 fully saturated rings. The molecule has 5 heteroatoms. The molecule has 2 bridgehead atoms. The van der Waals surface area contributed by atoms with E-state index in [1.165, 1.54) is 11.1 Å². The van der Waals surface area contributed by atoms with Crippen molar-refractivity contribution in [3.8, 4) is 0 Å². The third-order valence-corrected chi connectivity index (χ3v) is 10.3. The van der Waals surface area contributed by atoms with Crippen molar-refractivity contribution in [3.05, 3.63) is 35.4 Å². The molecule has 3 saturated carbocycles. The first-order valence-electron chi connectivity index (χ1n) is 11.8. The molecule has 160 valence electrons. The molecular formula is C25H31NO4. The van der Waals surface area contributed by atoms with E-state index in [-0.39, 0.29) is 23.8 Å². The van der Waals surface area contributed by atoms with E-state index < -0.39 is 28.6 Å². The fourth-order valence-corrected chi connectivity index (χ4v) is 9.18. The summed E-state index contributed by atoms with van der Waals surface area (Å²) < 4.78 is 6.56. The maximum Gasteiger partial charge on any atom is 0.169 e. The van der Waals surface area contributed by atoms with E-state index >= 15 is 0 Å². The number of rotatable bonds is 0. The highest BCUT2D eigenvalue weighted by Gasteiger charge is 2.80. The van der Waals surface area contributed by atoms with Gasteiger partial charge < -0.3 is 19.8 Å². The number of piperidine rings is 1. The lowest BCUT2D eigenvalue weighted by atomic mass is 9.39. The van der Waals surface area contributed by atoms with Crippen molar-refractivity contribution < 1.29 is 19.7 Å². The monoisotopic (exact) mass is 409 g/mol. The first-order chi connectivity index (χ1) is 14.4. The second-order valence-electron chi connectivity index (χ2n) is 11.3. The van der Waals surface area contributed by atoms with Crippen LogP contribution in [0.4, 0.5) is 0 Å². The van der Waals surface area contributed by atoms with Crippen molar-refractivity contribution in [3.63, 3.8) is 0 Å². The summed E-state index contributed by atoms with van der Waals surface area (Å²) in [7, 11) is 2.14. The van der Waals surface area contributed by atoms with Gasteiger partial charge in [-0.2, -0.15) is 0 Å². The second-order valence-corrected chi connectivity index (χ2v) is 11.3. The highest BCUT2D eigenvalue weighted by Crippen LogP contribution is 2.71. The molecule has 1 aromatic rings. The summed E-state index contributed by atoms with van der Waals surface area (Å²) in [6.45, 7) is 0.888. The number of aliphatic hydroxyl groups is 2. The van der Waals surface area contributed by atoms with E-state index in [9.17, 15) is 15.0 Å². The number of likely N-dealkylation sites (N-methyl/N-ethyl adjacent to an activating group) is 1. The number of nitrogens with zero attached hydrogens (tertiary/aromatic N) is 1. The molecule has 2 N–H and O–H groups in total. The summed E-state index contributed by atoms with van der Waals surface area (Å²) in [5, 5.41) is 23.5. The lowest BCUT2D eigenvalue weighted by Crippen LogP contribution is -2.79. The predicted octanol–water partition coefficient (Wildman–Crippen LogP) is 1.72. The Morgan fingerprint density at radius 2 is 1.90 bits per heavy atom. The minimum absolute atomic E-state index is 0.0706. The van der Waals surface area contributed by atoms with E-state index in [4.69, 9.17) is 4.74 Å². The fourth-order valence-electron chi connectivity index (χ4n) is 9.18. The Morgan fingerprint density at radius 1 is 1.17 bits per heavy atom. The fraction of sp³-hybridized carbons (Fsp3) is 0.720. The Morgan fingerprint density at radius 3 is 2.63 bits per heavy atom. The number of hydrogen-bond donors (Lipinski definition) is 2. The number of aliphatic hydroxyl groups excluding tert-OH is 1. The molecule has 6 aliphatic rings. The smallest absolute Gasteiger partial charge is 0.169 e. The molecule has 0 radical (unpaired) electrons. The zero-order chi connectivity index (χ0) is 20.5. The van der Waals surface area contributed by atoms with Gasteiger partial charge in [-0.3, -0.25) is 4.79 Å². The molecule has 0 aromatic heterocycles. The van der Waals surface area contributed by atoms with E-state index in [1.54, 1.807) is 0 Å². The number of benzene rings is 1. The van der Waals surface area contributed by atoms with Crippen molar-refractivity contribution in [1.29, 1.82) is 0 Å². The lowest BCUT2D eigenvalue weighted by Gasteiger charge is -2.68. The average molecular weight is 410 g/mol. The first kappa shape index (κ1) is 18.3. The van der Waals surface area contributed by atoms with Gasteiger partial charge in [0.1, 0.15) is 6.10 Å². The van der Waals surface area contributed by atoms with E-state index in [2.05, 4.69) is 24.1 Å². The van der Waals surface area contributed by atoms with Gasteiger partial charge in [0, 0.05) is 22.8 Å². The van der Waals surface area contributed by atoms with Crippen molar-refractivity contribution in [1.82, 2.24) is 4.90 Å². The summed E-state index contributed by atoms with van der Waals surface area (Å²) in [5.74, 6) is 0.735. The average Bonchev–Trinajstić information content (AvgIpc) is 3.26. The van der Waals surface area contributed by atoms with Crippen LogP contribution < -0.4 is 0 Å². The van der Waals surface area contributed by atoms with Gasteiger partial charge in [0.15, 0.2) is 5.78 Å². The summed E-state index contributed by atoms with van der Waals surface area (Å²) in [6.07, 6.45) is 4.02. The summed E-state index contributed by atoms with van der Waals surface area (Å²) in [6, 6.07) is 8.43. The van der Waals surface area contributed by atoms with Gasteiger partial charge in [-0.15, -0.1) is 0 Å². The topological polar surface area (TPSA) is 70.0 Å². The molecule has 2 saturated heterocycles. The number of hydrogen-bond acceptors (Lipinski definition) is 5. The van der Waals surface area contributed by atoms with Gasteiger partial charge in [-0.05, 0) is 75.6 Å². The van der Waals surface area contributed by atoms with Crippen molar-refractivity contribution in [2.24, 2.45) is 22.7 Å². The first-order valence-corrected chi connectivity index (χ1v) is 11.8. The minimum Gasteiger partial charge on any atom is -0.390 e. The molecule has 0 amide bonds. The van der Waals surface area contributed by atoms with Crippen LogP contribution in [0.1, 0.15) is 43.2 Å². The summed E-state index contributed by atoms with van der Waals surface area (Å²) in [4.78, 5) is 16.6. The normalized spacial score (nSPS) is 50.4. The zero-order valence-corrected chi connectivity index (χ0v) is 17.6. The highest BCUT2D eigenvalue weighted by atomic mass is 16.5. The molecule has 4 aliphatic carbocycles. The molecule has 5 nitrogen and oxygen atoms in total. The SMILES string of the molecule is CN1CC[C@]23C4C5CCC(O)C4O[C@H]2C(=O)C2(Cc4ccccc4C2)C[C@@]3(O)[C@H]1C5. The maximum atomic E-state index is 14.2. The van der Waals surface area contributed by atoms with E-state index in [0.29, 0.717) is 25.2 Å². The van der Waals surface area contributed by atoms with E-state index in [1.807, 2.05) is 12.1 Å². The second kappa shape index (κ2) is 5.55. The molecule has 2 spiro atoms. The number of fused-ring (bicyclic) bond motifs is 1. The van der Waals surface area contributed by atoms with Crippen LogP contribution in [0.3, 0.4) is 0 Å². The van der Waals surface area contributed by atoms with Gasteiger partial charge in [-0.25, -0.2) is 0 Å². The third-order valence-electron chi connectivity index (χ3n) is 10.3. The summed E-state index contributed by atoms with van der Waals surface area (Å²) in [5.41, 5.74) is 0.444. The van der Waals surface area contributed by atoms with Crippen molar-refractivity contribution in [2.45, 2.75) is 74.9 Å². The van der Waals surface area contributed by atoms with Crippen molar-refractivity contribution in [2.75, 3.05) is 13.6 Å². The van der Waals surface area contributed by atoms with Crippen molar-refractivity contribution >= 4 is 5.78 Å². The van der Waals surface area contributed by atoms with E-state index in [0.717, 1.165) is 32.2 Å². The Kier molecular flexibility index (Phi) is 3.39. The minimum atomic E-state index is -0.937. The molecule has 1 aromatic carbocycles. The Balaban J connectivity index is 1.41. The lowest BCUT2D eigenvalue weighted by molar-refractivity contribution is -0.262. The number of ketones is 1. The van der Waals surface area contributed by atoms with Crippen LogP contribution in [-0.2, 0) is 22.4 Å². The standard InChI is InChI=1S/C25H31NO4/c1-26-9-8-24-19-14-6-7-17(27)20(19)30-22(24)21(28)23(13-25(24,29)18(26)10-14)11-15-4-2-3-5-16(15)12-23/h2-5,14,17-20,22,27,29H,6-13H2,1H3/t14?,17?,18-,19?,20?,22+,24+,25-/m1/s1. The highest BCUT2D eigenvalue weighted by molar-refractivity contribution is 5.93. The third kappa shape index (κ3) is 1.85. The number of carbonyl (C=O) groups is 1. The van der Waals surface area contributed by atoms with Gasteiger partial charge in [0.25, 0.3) is 0 Å². The maximum absolute atomic E-state index is 14.2. The number of likely N-dealkylation sites (tertiary alicyclic amines) is 1. The van der Waals surface area contributed by atoms with Crippen LogP contribution >= 0.6 is 0 Å². The van der Waals surface area contributed by atoms with Crippen LogP contribution in [0.5, 0.6) is 0 Å². The summed E-state index contributed by atoms with van der Waals surface area (Å²) >= 11 is 0. The van der Waals surface area contributed by atoms with Crippen LogP contribution in [0, 0.1) is 22.7 Å². The molecule has 2 aliphatic heterocycles. The van der Waals surface area contributed by atoms with Gasteiger partial charge in [0.05, 0.1) is 17.8 Å². The molecular weight excluding hydrogens is 378 g/mol. The number of Topliss-reactive ketones (excluding diaryl/α,β-unsaturated/α-hetero) is 1. The number of ether oxygens (including phenoxy) is 1. The van der Waals surface area contributed by atoms with Crippen LogP contribution in [0.25, 0.3) is 0 Å². The largest absolute Gasteiger partial charge is 0.390 e. The Labute approximate surface area is 177 Å². The zero-order valence-electron chi connectivity index (χ0n) is 17.6. The molecule has 8 atom stereocenters.